The zero-order valence-corrected chi connectivity index (χ0v) is 16.5. The summed E-state index contributed by atoms with van der Waals surface area (Å²) in [5.41, 5.74) is 1.04. The maximum atomic E-state index is 9.26. The third-order valence-electron chi connectivity index (χ3n) is 9.40. The number of hydrogen-bond acceptors (Lipinski definition) is 3. The molecule has 0 spiro atoms. The van der Waals surface area contributed by atoms with E-state index in [0.29, 0.717) is 16.7 Å². The minimum absolute atomic E-state index is 0.139. The molecule has 0 bridgehead atoms. The molecule has 0 heterocycles. The standard InChI is InChI=1S/C22H38O3/c1-21-9-4-5-19(21)18-7-6-15-11-17(25-14-23)12-16(13-24-3)22(15,2)20(18)8-10-21/h15-20,23H,4-14H2,1-3H3/t15-,16?,17-,18-,19-,20-,21-,22+/m0/s1. The molecule has 4 saturated carbocycles. The van der Waals surface area contributed by atoms with Gasteiger partial charge in [-0.3, -0.25) is 0 Å². The maximum Gasteiger partial charge on any atom is 0.143 e. The summed E-state index contributed by atoms with van der Waals surface area (Å²) in [6, 6.07) is 0. The van der Waals surface area contributed by atoms with Crippen molar-refractivity contribution >= 4 is 0 Å². The van der Waals surface area contributed by atoms with E-state index < -0.39 is 0 Å². The molecule has 3 nitrogen and oxygen atoms in total. The number of rotatable bonds is 4. The molecular formula is C22H38O3. The van der Waals surface area contributed by atoms with E-state index in [1.165, 1.54) is 44.9 Å². The van der Waals surface area contributed by atoms with Gasteiger partial charge < -0.3 is 14.6 Å². The van der Waals surface area contributed by atoms with Crippen molar-refractivity contribution in [3.63, 3.8) is 0 Å². The summed E-state index contributed by atoms with van der Waals surface area (Å²) in [6.07, 6.45) is 12.5. The Labute approximate surface area is 153 Å². The molecule has 0 aromatic heterocycles. The number of fused-ring (bicyclic) bond motifs is 5. The van der Waals surface area contributed by atoms with Crippen LogP contribution < -0.4 is 0 Å². The Morgan fingerprint density at radius 2 is 1.84 bits per heavy atom. The normalized spacial score (nSPS) is 52.3. The molecule has 1 N–H and O–H groups in total. The molecule has 0 aromatic carbocycles. The van der Waals surface area contributed by atoms with Crippen LogP contribution in [0.5, 0.6) is 0 Å². The minimum atomic E-state index is -0.139. The van der Waals surface area contributed by atoms with Crippen molar-refractivity contribution in [3.05, 3.63) is 0 Å². The lowest BCUT2D eigenvalue weighted by atomic mass is 9.43. The number of aliphatic hydroxyl groups is 1. The van der Waals surface area contributed by atoms with Gasteiger partial charge >= 0.3 is 0 Å². The predicted octanol–water partition coefficient (Wildman–Crippen LogP) is 4.63. The van der Waals surface area contributed by atoms with Crippen LogP contribution in [0.15, 0.2) is 0 Å². The fourth-order valence-corrected chi connectivity index (χ4v) is 8.15. The molecule has 4 aliphatic carbocycles. The Hall–Kier alpha value is -0.120. The quantitative estimate of drug-likeness (QED) is 0.752. The Kier molecular flexibility index (Phi) is 4.96. The fourth-order valence-electron chi connectivity index (χ4n) is 8.15. The summed E-state index contributed by atoms with van der Waals surface area (Å²) in [5.74, 6) is 4.10. The van der Waals surface area contributed by atoms with E-state index >= 15 is 0 Å². The summed E-state index contributed by atoms with van der Waals surface area (Å²) >= 11 is 0. The van der Waals surface area contributed by atoms with Gasteiger partial charge in [0.25, 0.3) is 0 Å². The molecule has 0 aromatic rings. The highest BCUT2D eigenvalue weighted by Crippen LogP contribution is 2.67. The van der Waals surface area contributed by atoms with Gasteiger partial charge in [-0.1, -0.05) is 20.3 Å². The molecular weight excluding hydrogens is 312 g/mol. The lowest BCUT2D eigenvalue weighted by Gasteiger charge is -2.63. The highest BCUT2D eigenvalue weighted by atomic mass is 16.6. The predicted molar refractivity (Wildman–Crippen MR) is 99.1 cm³/mol. The second-order valence-corrected chi connectivity index (χ2v) is 10.1. The monoisotopic (exact) mass is 350 g/mol. The van der Waals surface area contributed by atoms with E-state index in [2.05, 4.69) is 13.8 Å². The molecule has 0 radical (unpaired) electrons. The molecule has 8 atom stereocenters. The van der Waals surface area contributed by atoms with Crippen molar-refractivity contribution in [2.75, 3.05) is 20.5 Å². The lowest BCUT2D eigenvalue weighted by molar-refractivity contribution is -0.180. The van der Waals surface area contributed by atoms with Gasteiger partial charge in [-0.05, 0) is 91.8 Å². The van der Waals surface area contributed by atoms with Crippen LogP contribution >= 0.6 is 0 Å². The van der Waals surface area contributed by atoms with Crippen LogP contribution in [-0.2, 0) is 9.47 Å². The molecule has 0 amide bonds. The first-order valence-electron chi connectivity index (χ1n) is 10.7. The summed E-state index contributed by atoms with van der Waals surface area (Å²) in [4.78, 5) is 0. The molecule has 4 aliphatic rings. The summed E-state index contributed by atoms with van der Waals surface area (Å²) in [7, 11) is 1.85. The van der Waals surface area contributed by atoms with Crippen LogP contribution in [0.25, 0.3) is 0 Å². The molecule has 3 heteroatoms. The van der Waals surface area contributed by atoms with Crippen LogP contribution in [0, 0.1) is 40.4 Å². The second-order valence-electron chi connectivity index (χ2n) is 10.1. The van der Waals surface area contributed by atoms with Crippen molar-refractivity contribution in [1.82, 2.24) is 0 Å². The molecule has 4 fully saturated rings. The summed E-state index contributed by atoms with van der Waals surface area (Å²) in [6.45, 7) is 5.91. The number of aliphatic hydroxyl groups excluding tert-OH is 1. The zero-order chi connectivity index (χ0) is 17.7. The molecule has 0 aliphatic heterocycles. The van der Waals surface area contributed by atoms with Crippen molar-refractivity contribution in [1.29, 1.82) is 0 Å². The fraction of sp³-hybridized carbons (Fsp3) is 1.00. The van der Waals surface area contributed by atoms with Gasteiger partial charge in [0.1, 0.15) is 6.79 Å². The highest BCUT2D eigenvalue weighted by molar-refractivity contribution is 5.09. The van der Waals surface area contributed by atoms with Gasteiger partial charge in [-0.15, -0.1) is 0 Å². The van der Waals surface area contributed by atoms with Crippen LogP contribution in [0.1, 0.15) is 71.6 Å². The van der Waals surface area contributed by atoms with Gasteiger partial charge in [0.15, 0.2) is 0 Å². The molecule has 1 unspecified atom stereocenters. The van der Waals surface area contributed by atoms with Crippen molar-refractivity contribution in [3.8, 4) is 0 Å². The van der Waals surface area contributed by atoms with Crippen molar-refractivity contribution in [2.24, 2.45) is 40.4 Å². The first-order chi connectivity index (χ1) is 12.0. The maximum absolute atomic E-state index is 9.26. The Bertz CT molecular complexity index is 480. The minimum Gasteiger partial charge on any atom is -0.384 e. The van der Waals surface area contributed by atoms with Gasteiger partial charge in [0, 0.05) is 13.7 Å². The first kappa shape index (κ1) is 18.3. The van der Waals surface area contributed by atoms with Crippen molar-refractivity contribution in [2.45, 2.75) is 77.7 Å². The summed E-state index contributed by atoms with van der Waals surface area (Å²) in [5, 5.41) is 9.26. The van der Waals surface area contributed by atoms with Gasteiger partial charge in [0.2, 0.25) is 0 Å². The third kappa shape index (κ3) is 2.80. The zero-order valence-electron chi connectivity index (χ0n) is 16.5. The number of ether oxygens (including phenoxy) is 2. The molecule has 4 rings (SSSR count). The van der Waals surface area contributed by atoms with E-state index in [0.717, 1.165) is 43.1 Å². The van der Waals surface area contributed by atoms with E-state index in [1.54, 1.807) is 0 Å². The Balaban J connectivity index is 1.62. The van der Waals surface area contributed by atoms with Gasteiger partial charge in [-0.2, -0.15) is 0 Å². The lowest BCUT2D eigenvalue weighted by Crippen LogP contribution is -2.57. The Morgan fingerprint density at radius 1 is 1.00 bits per heavy atom. The average Bonchev–Trinajstić information content (AvgIpc) is 2.98. The average molecular weight is 351 g/mol. The van der Waals surface area contributed by atoms with Crippen LogP contribution in [0.4, 0.5) is 0 Å². The SMILES string of the molecule is COCC1C[C@@H](OCO)C[C@@H]2CC[C@H]3[C@@H]4CCC[C@@]4(C)CC[C@@H]3[C@@]12C. The smallest absolute Gasteiger partial charge is 0.143 e. The molecule has 0 saturated heterocycles. The van der Waals surface area contributed by atoms with E-state index in [4.69, 9.17) is 9.47 Å². The van der Waals surface area contributed by atoms with E-state index in [9.17, 15) is 5.11 Å². The first-order valence-corrected chi connectivity index (χ1v) is 10.7. The molecule has 144 valence electrons. The number of hydrogen-bond donors (Lipinski definition) is 1. The van der Waals surface area contributed by atoms with Gasteiger partial charge in [-0.25, -0.2) is 0 Å². The van der Waals surface area contributed by atoms with Crippen LogP contribution in [-0.4, -0.2) is 31.7 Å². The third-order valence-corrected chi connectivity index (χ3v) is 9.40. The largest absolute Gasteiger partial charge is 0.384 e. The Morgan fingerprint density at radius 3 is 2.60 bits per heavy atom. The highest BCUT2D eigenvalue weighted by Gasteiger charge is 2.60. The van der Waals surface area contributed by atoms with Crippen LogP contribution in [0.3, 0.4) is 0 Å². The topological polar surface area (TPSA) is 38.7 Å². The van der Waals surface area contributed by atoms with E-state index in [1.807, 2.05) is 7.11 Å². The van der Waals surface area contributed by atoms with Crippen molar-refractivity contribution < 1.29 is 14.6 Å². The number of methoxy groups -OCH3 is 1. The van der Waals surface area contributed by atoms with Gasteiger partial charge in [0.05, 0.1) is 6.10 Å². The van der Waals surface area contributed by atoms with Crippen LogP contribution in [0.2, 0.25) is 0 Å². The van der Waals surface area contributed by atoms with E-state index in [-0.39, 0.29) is 12.9 Å². The summed E-state index contributed by atoms with van der Waals surface area (Å²) < 4.78 is 11.4. The second kappa shape index (κ2) is 6.80. The molecule has 25 heavy (non-hydrogen) atoms.